The predicted molar refractivity (Wildman–Crippen MR) is 102 cm³/mol. The largest absolute Gasteiger partial charge is 0.393 e. The minimum absolute atomic E-state index is 0.173. The van der Waals surface area contributed by atoms with E-state index in [0.717, 1.165) is 25.7 Å². The summed E-state index contributed by atoms with van der Waals surface area (Å²) in [5.74, 6) is 0.295. The van der Waals surface area contributed by atoms with Gasteiger partial charge in [0, 0.05) is 11.8 Å². The fourth-order valence-corrected chi connectivity index (χ4v) is 8.95. The molecule has 7 atom stereocenters. The van der Waals surface area contributed by atoms with Crippen molar-refractivity contribution in [3.63, 3.8) is 0 Å². The van der Waals surface area contributed by atoms with E-state index in [1.807, 2.05) is 0 Å². The van der Waals surface area contributed by atoms with Gasteiger partial charge in [0.2, 0.25) is 11.6 Å². The van der Waals surface area contributed by atoms with E-state index in [-0.39, 0.29) is 11.5 Å². The molecule has 2 heterocycles. The summed E-state index contributed by atoms with van der Waals surface area (Å²) < 4.78 is 25.6. The quantitative estimate of drug-likeness (QED) is 0.684. The average molecular weight is 393 g/mol. The van der Waals surface area contributed by atoms with Crippen molar-refractivity contribution in [1.82, 2.24) is 0 Å². The lowest BCUT2D eigenvalue weighted by Gasteiger charge is -2.63. The van der Waals surface area contributed by atoms with Crippen LogP contribution in [0.25, 0.3) is 0 Å². The zero-order valence-electron chi connectivity index (χ0n) is 17.5. The Labute approximate surface area is 168 Å². The first-order chi connectivity index (χ1) is 13.5. The Kier molecular flexibility index (Phi) is 3.94. The van der Waals surface area contributed by atoms with Gasteiger partial charge in [-0.3, -0.25) is 0 Å². The number of fused-ring (bicyclic) bond motifs is 5. The second-order valence-electron chi connectivity index (χ2n) is 11.0. The molecule has 0 radical (unpaired) electrons. The average Bonchev–Trinajstić information content (AvgIpc) is 2.95. The lowest BCUT2D eigenvalue weighted by Crippen LogP contribution is -2.70. The fraction of sp³-hybridized carbons (Fsp3) is 1.00. The topological polar surface area (TPSA) is 57.2 Å². The Morgan fingerprint density at radius 1 is 0.821 bits per heavy atom. The Balaban J connectivity index is 1.43. The zero-order valence-corrected chi connectivity index (χ0v) is 17.5. The van der Waals surface area contributed by atoms with E-state index in [1.165, 1.54) is 25.7 Å². The molecule has 0 spiro atoms. The summed E-state index contributed by atoms with van der Waals surface area (Å²) in [6, 6.07) is 0. The van der Waals surface area contributed by atoms with Crippen LogP contribution < -0.4 is 0 Å². The van der Waals surface area contributed by atoms with E-state index in [2.05, 4.69) is 13.8 Å². The number of aliphatic hydroxyl groups is 1. The van der Waals surface area contributed by atoms with Gasteiger partial charge in [-0.15, -0.1) is 0 Å². The minimum Gasteiger partial charge on any atom is -0.393 e. The molecule has 28 heavy (non-hydrogen) atoms. The first-order valence-corrected chi connectivity index (χ1v) is 11.7. The van der Waals surface area contributed by atoms with E-state index in [4.69, 9.17) is 18.9 Å². The maximum atomic E-state index is 11.4. The molecule has 6 rings (SSSR count). The smallest absolute Gasteiger partial charge is 0.229 e. The maximum Gasteiger partial charge on any atom is 0.229 e. The third kappa shape index (κ3) is 2.01. The van der Waals surface area contributed by atoms with E-state index >= 15 is 0 Å². The molecule has 5 nitrogen and oxygen atoms in total. The van der Waals surface area contributed by atoms with Crippen molar-refractivity contribution in [1.29, 1.82) is 0 Å². The van der Waals surface area contributed by atoms with Gasteiger partial charge in [-0.2, -0.15) is 0 Å². The van der Waals surface area contributed by atoms with Gasteiger partial charge in [0.15, 0.2) is 0 Å². The maximum absolute atomic E-state index is 11.4. The van der Waals surface area contributed by atoms with Crippen molar-refractivity contribution in [2.45, 2.75) is 82.9 Å². The van der Waals surface area contributed by atoms with Crippen LogP contribution in [-0.4, -0.2) is 49.2 Å². The molecular formula is C23H36O5. The molecule has 5 heteroatoms. The predicted octanol–water partition coefficient (Wildman–Crippen LogP) is 3.49. The van der Waals surface area contributed by atoms with Crippen molar-refractivity contribution < 1.29 is 24.1 Å². The number of rotatable bonds is 0. The van der Waals surface area contributed by atoms with E-state index in [9.17, 15) is 5.11 Å². The highest BCUT2D eigenvalue weighted by Crippen LogP contribution is 2.72. The molecule has 4 saturated carbocycles. The number of hydrogen-bond donors (Lipinski definition) is 1. The summed E-state index contributed by atoms with van der Waals surface area (Å²) in [4.78, 5) is 0. The van der Waals surface area contributed by atoms with Crippen molar-refractivity contribution in [2.75, 3.05) is 26.4 Å². The number of aliphatic hydroxyl groups excluding tert-OH is 1. The normalized spacial score (nSPS) is 60.8. The molecule has 6 aliphatic rings. The van der Waals surface area contributed by atoms with Crippen LogP contribution in [0.4, 0.5) is 0 Å². The highest BCUT2D eigenvalue weighted by atomic mass is 16.8. The van der Waals surface area contributed by atoms with Crippen LogP contribution in [-0.2, 0) is 18.9 Å². The summed E-state index contributed by atoms with van der Waals surface area (Å²) in [7, 11) is 0. The lowest BCUT2D eigenvalue weighted by atomic mass is 9.44. The fourth-order valence-electron chi connectivity index (χ4n) is 8.95. The van der Waals surface area contributed by atoms with Crippen molar-refractivity contribution >= 4 is 0 Å². The second-order valence-corrected chi connectivity index (χ2v) is 11.0. The van der Waals surface area contributed by atoms with E-state index in [0.29, 0.717) is 55.5 Å². The Hall–Kier alpha value is -0.200. The molecule has 2 saturated heterocycles. The van der Waals surface area contributed by atoms with Gasteiger partial charge in [-0.05, 0) is 61.2 Å². The molecule has 0 aromatic carbocycles. The summed E-state index contributed by atoms with van der Waals surface area (Å²) >= 11 is 0. The molecule has 0 aromatic rings. The van der Waals surface area contributed by atoms with Gasteiger partial charge in [-0.1, -0.05) is 26.7 Å². The molecule has 1 unspecified atom stereocenters. The SMILES string of the molecule is C[C@]12CCCCC1C[C@@H](O)[C@@H]1[C@@H]2CC[C@@]2(C)[C@H]1CC13OCCOC12OCCO3. The Bertz CT molecular complexity index is 639. The van der Waals surface area contributed by atoms with Crippen LogP contribution in [0, 0.1) is 34.5 Å². The Morgan fingerprint density at radius 3 is 2.29 bits per heavy atom. The van der Waals surface area contributed by atoms with Crippen molar-refractivity contribution in [3.05, 3.63) is 0 Å². The number of hydrogen-bond acceptors (Lipinski definition) is 5. The monoisotopic (exact) mass is 392 g/mol. The molecule has 0 aromatic heterocycles. The van der Waals surface area contributed by atoms with Crippen LogP contribution in [0.1, 0.15) is 65.2 Å². The first-order valence-electron chi connectivity index (χ1n) is 11.7. The number of ether oxygens (including phenoxy) is 4. The van der Waals surface area contributed by atoms with Crippen LogP contribution in [0.5, 0.6) is 0 Å². The van der Waals surface area contributed by atoms with Crippen molar-refractivity contribution in [2.24, 2.45) is 34.5 Å². The molecule has 2 aliphatic heterocycles. The minimum atomic E-state index is -0.809. The molecular weight excluding hydrogens is 356 g/mol. The van der Waals surface area contributed by atoms with E-state index in [1.54, 1.807) is 0 Å². The van der Waals surface area contributed by atoms with Crippen LogP contribution in [0.3, 0.4) is 0 Å². The first kappa shape index (κ1) is 18.6. The molecule has 4 aliphatic carbocycles. The van der Waals surface area contributed by atoms with Crippen molar-refractivity contribution in [3.8, 4) is 0 Å². The van der Waals surface area contributed by atoms with E-state index < -0.39 is 11.6 Å². The van der Waals surface area contributed by atoms with Crippen LogP contribution in [0.15, 0.2) is 0 Å². The van der Waals surface area contributed by atoms with Gasteiger partial charge in [-0.25, -0.2) is 0 Å². The van der Waals surface area contributed by atoms with Crippen LogP contribution in [0.2, 0.25) is 0 Å². The molecule has 0 amide bonds. The lowest BCUT2D eigenvalue weighted by molar-refractivity contribution is -0.474. The van der Waals surface area contributed by atoms with Gasteiger partial charge in [0.25, 0.3) is 0 Å². The van der Waals surface area contributed by atoms with Gasteiger partial charge in [0.05, 0.1) is 32.5 Å². The second kappa shape index (κ2) is 5.94. The molecule has 158 valence electrons. The third-order valence-electron chi connectivity index (χ3n) is 10.2. The Morgan fingerprint density at radius 2 is 1.54 bits per heavy atom. The summed E-state index contributed by atoms with van der Waals surface area (Å²) in [5, 5.41) is 11.4. The molecule has 0 bridgehead atoms. The summed E-state index contributed by atoms with van der Waals surface area (Å²) in [6.07, 6.45) is 9.07. The highest BCUT2D eigenvalue weighted by molar-refractivity contribution is 5.20. The summed E-state index contributed by atoms with van der Waals surface area (Å²) in [5.41, 5.74) is 0.203. The molecule has 6 fully saturated rings. The standard InChI is InChI=1S/C23H36O5/c1-20-7-4-3-5-15(20)13-18(24)19-16(20)6-8-21(2)17(19)14-22-23(21,27-11-9-25-22)28-12-10-26-22/h15-19,24H,3-14H2,1-2H3/t15?,16-,17-,18+,19+,20-,21-,22?,23?/m0/s1. The third-order valence-corrected chi connectivity index (χ3v) is 10.2. The van der Waals surface area contributed by atoms with Gasteiger partial charge in [0.1, 0.15) is 0 Å². The van der Waals surface area contributed by atoms with Gasteiger partial charge < -0.3 is 24.1 Å². The van der Waals surface area contributed by atoms with Crippen LogP contribution >= 0.6 is 0 Å². The highest BCUT2D eigenvalue weighted by Gasteiger charge is 2.79. The summed E-state index contributed by atoms with van der Waals surface area (Å²) in [6.45, 7) is 7.11. The molecule has 1 N–H and O–H groups in total. The zero-order chi connectivity index (χ0) is 19.2. The van der Waals surface area contributed by atoms with Gasteiger partial charge >= 0.3 is 0 Å².